The minimum absolute atomic E-state index is 0.106. The number of carbonyl (C=O) groups is 1. The van der Waals surface area contributed by atoms with Crippen molar-refractivity contribution in [2.75, 3.05) is 6.54 Å². The molecule has 0 aromatic carbocycles. The van der Waals surface area contributed by atoms with Crippen LogP contribution < -0.4 is 5.32 Å². The van der Waals surface area contributed by atoms with Crippen LogP contribution in [0.25, 0.3) is 0 Å². The molecule has 4 rings (SSSR count). The molecule has 1 N–H and O–H groups in total. The molecule has 7 heteroatoms. The largest absolute Gasteiger partial charge is 0.444 e. The number of hydrogen-bond acceptors (Lipinski definition) is 6. The number of nitrogens with one attached hydrogen (secondary N) is 1. The molecule has 138 valence electrons. The first-order valence-electron chi connectivity index (χ1n) is 9.44. The van der Waals surface area contributed by atoms with Gasteiger partial charge in [0.2, 0.25) is 5.89 Å². The highest BCUT2D eigenvalue weighted by Gasteiger charge is 2.55. The van der Waals surface area contributed by atoms with E-state index in [0.29, 0.717) is 18.3 Å². The average Bonchev–Trinajstić information content (AvgIpc) is 3.09. The molecule has 2 aliphatic carbocycles. The molecular formula is C18H28N4O3. The zero-order valence-corrected chi connectivity index (χ0v) is 15.4. The molecule has 1 amide bonds. The van der Waals surface area contributed by atoms with Crippen molar-refractivity contribution in [1.29, 1.82) is 0 Å². The normalized spacial score (nSPS) is 25.2. The van der Waals surface area contributed by atoms with Crippen molar-refractivity contribution in [2.45, 2.75) is 88.9 Å². The van der Waals surface area contributed by atoms with Gasteiger partial charge in [-0.1, -0.05) is 5.16 Å². The fourth-order valence-corrected chi connectivity index (χ4v) is 4.03. The molecule has 1 aromatic heterocycles. The summed E-state index contributed by atoms with van der Waals surface area (Å²) in [4.78, 5) is 19.0. The van der Waals surface area contributed by atoms with E-state index in [1.165, 1.54) is 0 Å². The first-order valence-corrected chi connectivity index (χ1v) is 9.44. The zero-order valence-electron chi connectivity index (χ0n) is 15.4. The first kappa shape index (κ1) is 16.8. The molecule has 2 heterocycles. The van der Waals surface area contributed by atoms with E-state index in [0.717, 1.165) is 51.0 Å². The number of hydrogen-bond donors (Lipinski definition) is 1. The van der Waals surface area contributed by atoms with Gasteiger partial charge in [-0.3, -0.25) is 0 Å². The summed E-state index contributed by atoms with van der Waals surface area (Å²) in [7, 11) is 0. The van der Waals surface area contributed by atoms with Crippen LogP contribution in [0, 0.1) is 0 Å². The summed E-state index contributed by atoms with van der Waals surface area (Å²) in [6, 6.07) is 0.261. The van der Waals surface area contributed by atoms with E-state index in [1.54, 1.807) is 0 Å². The van der Waals surface area contributed by atoms with Gasteiger partial charge in [0, 0.05) is 18.5 Å². The van der Waals surface area contributed by atoms with Gasteiger partial charge in [0.25, 0.3) is 0 Å². The molecule has 1 saturated heterocycles. The van der Waals surface area contributed by atoms with Gasteiger partial charge in [0.05, 0.1) is 12.1 Å². The second kappa shape index (κ2) is 5.97. The Hall–Kier alpha value is -1.63. The van der Waals surface area contributed by atoms with Crippen LogP contribution in [0.15, 0.2) is 4.52 Å². The van der Waals surface area contributed by atoms with Crippen molar-refractivity contribution in [3.8, 4) is 0 Å². The van der Waals surface area contributed by atoms with Crippen LogP contribution in [-0.4, -0.2) is 44.9 Å². The van der Waals surface area contributed by atoms with Crippen LogP contribution in [-0.2, 0) is 11.3 Å². The summed E-state index contributed by atoms with van der Waals surface area (Å²) in [5.41, 5.74) is -0.567. The Kier molecular flexibility index (Phi) is 4.02. The average molecular weight is 348 g/mol. The molecule has 0 bridgehead atoms. The summed E-state index contributed by atoms with van der Waals surface area (Å²) < 4.78 is 10.9. The highest BCUT2D eigenvalue weighted by molar-refractivity contribution is 5.70. The maximum atomic E-state index is 12.6. The minimum atomic E-state index is -0.461. The fraction of sp³-hybridized carbons (Fsp3) is 0.833. The Morgan fingerprint density at radius 2 is 2.12 bits per heavy atom. The van der Waals surface area contributed by atoms with E-state index in [9.17, 15) is 4.79 Å². The Morgan fingerprint density at radius 1 is 1.36 bits per heavy atom. The molecule has 0 radical (unpaired) electrons. The molecule has 1 aliphatic heterocycles. The number of carbonyl (C=O) groups excluding carboxylic acids is 1. The molecule has 3 fully saturated rings. The number of likely N-dealkylation sites (tertiary alicyclic amines) is 1. The van der Waals surface area contributed by atoms with E-state index in [4.69, 9.17) is 9.26 Å². The third-order valence-corrected chi connectivity index (χ3v) is 5.58. The second-order valence-electron chi connectivity index (χ2n) is 8.63. The number of aromatic nitrogens is 2. The molecule has 1 aromatic rings. The van der Waals surface area contributed by atoms with Crippen molar-refractivity contribution in [3.63, 3.8) is 0 Å². The standard InChI is InChI=1S/C18H28N4O3/c1-17(2,3)24-16(23)22-10-7-13(18(22)8-4-9-18)19-11-14-20-15(25-21-14)12-5-6-12/h12-13,19H,4-11H2,1-3H3. The summed E-state index contributed by atoms with van der Waals surface area (Å²) in [6.45, 7) is 7.07. The minimum Gasteiger partial charge on any atom is -0.444 e. The summed E-state index contributed by atoms with van der Waals surface area (Å²) >= 11 is 0. The number of nitrogens with zero attached hydrogens (tertiary/aromatic N) is 3. The Balaban J connectivity index is 1.39. The Bertz CT molecular complexity index is 643. The van der Waals surface area contributed by atoms with Gasteiger partial charge in [-0.15, -0.1) is 0 Å². The molecule has 25 heavy (non-hydrogen) atoms. The van der Waals surface area contributed by atoms with Crippen LogP contribution in [0.2, 0.25) is 0 Å². The lowest BCUT2D eigenvalue weighted by Crippen LogP contribution is -2.61. The predicted molar refractivity (Wildman–Crippen MR) is 91.0 cm³/mol. The molecule has 2 saturated carbocycles. The molecule has 3 aliphatic rings. The lowest BCUT2D eigenvalue weighted by atomic mass is 9.72. The summed E-state index contributed by atoms with van der Waals surface area (Å²) in [6.07, 6.45) is 6.29. The van der Waals surface area contributed by atoms with Gasteiger partial charge in [-0.05, 0) is 59.3 Å². The van der Waals surface area contributed by atoms with Crippen LogP contribution in [0.5, 0.6) is 0 Å². The van der Waals surface area contributed by atoms with E-state index in [-0.39, 0.29) is 17.7 Å². The van der Waals surface area contributed by atoms with Crippen LogP contribution >= 0.6 is 0 Å². The van der Waals surface area contributed by atoms with Crippen molar-refractivity contribution in [3.05, 3.63) is 11.7 Å². The maximum Gasteiger partial charge on any atom is 0.410 e. The first-order chi connectivity index (χ1) is 11.9. The zero-order chi connectivity index (χ0) is 17.7. The van der Waals surface area contributed by atoms with E-state index >= 15 is 0 Å². The van der Waals surface area contributed by atoms with Gasteiger partial charge in [0.1, 0.15) is 5.60 Å². The fourth-order valence-electron chi connectivity index (χ4n) is 4.03. The monoisotopic (exact) mass is 348 g/mol. The molecule has 1 spiro atoms. The van der Waals surface area contributed by atoms with Crippen molar-refractivity contribution in [2.24, 2.45) is 0 Å². The van der Waals surface area contributed by atoms with Crippen LogP contribution in [0.4, 0.5) is 4.79 Å². The van der Waals surface area contributed by atoms with Crippen molar-refractivity contribution >= 4 is 6.09 Å². The van der Waals surface area contributed by atoms with Crippen LogP contribution in [0.3, 0.4) is 0 Å². The maximum absolute atomic E-state index is 12.6. The predicted octanol–water partition coefficient (Wildman–Crippen LogP) is 2.97. The third-order valence-electron chi connectivity index (χ3n) is 5.58. The molecule has 7 nitrogen and oxygen atoms in total. The molecule has 1 atom stereocenters. The van der Waals surface area contributed by atoms with Gasteiger partial charge in [0.15, 0.2) is 5.82 Å². The Labute approximate surface area is 148 Å². The smallest absolute Gasteiger partial charge is 0.410 e. The van der Waals surface area contributed by atoms with E-state index in [1.807, 2.05) is 25.7 Å². The highest BCUT2D eigenvalue weighted by atomic mass is 16.6. The summed E-state index contributed by atoms with van der Waals surface area (Å²) in [5, 5.41) is 7.66. The summed E-state index contributed by atoms with van der Waals surface area (Å²) in [5.74, 6) is 1.97. The van der Waals surface area contributed by atoms with Crippen molar-refractivity contribution < 1.29 is 14.1 Å². The van der Waals surface area contributed by atoms with E-state index < -0.39 is 5.60 Å². The quantitative estimate of drug-likeness (QED) is 0.901. The number of rotatable bonds is 4. The topological polar surface area (TPSA) is 80.5 Å². The van der Waals surface area contributed by atoms with Crippen molar-refractivity contribution in [1.82, 2.24) is 20.4 Å². The number of ether oxygens (including phenoxy) is 1. The van der Waals surface area contributed by atoms with Gasteiger partial charge < -0.3 is 19.5 Å². The highest BCUT2D eigenvalue weighted by Crippen LogP contribution is 2.46. The van der Waals surface area contributed by atoms with Crippen LogP contribution in [0.1, 0.15) is 76.9 Å². The lowest BCUT2D eigenvalue weighted by Gasteiger charge is -2.49. The third kappa shape index (κ3) is 3.26. The molecular weight excluding hydrogens is 320 g/mol. The van der Waals surface area contributed by atoms with E-state index in [2.05, 4.69) is 15.5 Å². The SMILES string of the molecule is CC(C)(C)OC(=O)N1CCC(NCc2noc(C3CC3)n2)C12CCC2. The van der Waals surface area contributed by atoms with Gasteiger partial charge >= 0.3 is 6.09 Å². The lowest BCUT2D eigenvalue weighted by molar-refractivity contribution is -0.0166. The second-order valence-corrected chi connectivity index (χ2v) is 8.63. The van der Waals surface area contributed by atoms with Gasteiger partial charge in [-0.2, -0.15) is 4.98 Å². The Morgan fingerprint density at radius 3 is 2.72 bits per heavy atom. The number of amides is 1. The van der Waals surface area contributed by atoms with Gasteiger partial charge in [-0.25, -0.2) is 4.79 Å². The molecule has 1 unspecified atom stereocenters.